The van der Waals surface area contributed by atoms with Crippen LogP contribution in [0.2, 0.25) is 5.02 Å². The van der Waals surface area contributed by atoms with Crippen LogP contribution in [0.4, 0.5) is 11.4 Å². The lowest BCUT2D eigenvalue weighted by Crippen LogP contribution is -2.51. The Morgan fingerprint density at radius 3 is 2.39 bits per heavy atom. The third-order valence-electron chi connectivity index (χ3n) is 4.55. The summed E-state index contributed by atoms with van der Waals surface area (Å²) < 4.78 is 0. The number of anilines is 1. The first-order chi connectivity index (χ1) is 13.5. The van der Waals surface area contributed by atoms with Gasteiger partial charge in [0, 0.05) is 43.0 Å². The number of nitrogens with zero attached hydrogens (tertiary/aromatic N) is 3. The average molecular weight is 403 g/mol. The molecule has 1 aliphatic heterocycles. The number of hydrogen-bond acceptors (Lipinski definition) is 5. The van der Waals surface area contributed by atoms with Crippen LogP contribution < -0.4 is 10.2 Å². The predicted octanol–water partition coefficient (Wildman–Crippen LogP) is 2.33. The Morgan fingerprint density at radius 1 is 1.07 bits per heavy atom. The largest absolute Gasteiger partial charge is 0.368 e. The number of amides is 2. The maximum Gasteiger partial charge on any atom is 0.283 e. The fraction of sp³-hybridized carbons (Fsp3) is 0.263. The second kappa shape index (κ2) is 8.71. The Morgan fingerprint density at radius 2 is 1.75 bits per heavy atom. The minimum Gasteiger partial charge on any atom is -0.368 e. The Hall–Kier alpha value is -3.13. The van der Waals surface area contributed by atoms with Gasteiger partial charge >= 0.3 is 0 Å². The normalized spacial score (nSPS) is 13.9. The molecule has 9 heteroatoms. The minimum absolute atomic E-state index is 0.129. The van der Waals surface area contributed by atoms with Crippen LogP contribution >= 0.6 is 11.6 Å². The van der Waals surface area contributed by atoms with Gasteiger partial charge in [-0.1, -0.05) is 29.8 Å². The van der Waals surface area contributed by atoms with Crippen molar-refractivity contribution in [2.24, 2.45) is 0 Å². The van der Waals surface area contributed by atoms with Crippen molar-refractivity contribution >= 4 is 34.8 Å². The van der Waals surface area contributed by atoms with E-state index in [1.54, 1.807) is 4.90 Å². The van der Waals surface area contributed by atoms with Crippen LogP contribution in [0.25, 0.3) is 0 Å². The van der Waals surface area contributed by atoms with Crippen LogP contribution in [-0.4, -0.2) is 54.4 Å². The number of benzene rings is 2. The molecule has 0 radical (unpaired) electrons. The number of halogens is 1. The van der Waals surface area contributed by atoms with Gasteiger partial charge in [-0.25, -0.2) is 0 Å². The molecule has 1 heterocycles. The van der Waals surface area contributed by atoms with Crippen molar-refractivity contribution in [2.45, 2.75) is 0 Å². The first kappa shape index (κ1) is 19.6. The minimum atomic E-state index is -0.681. The van der Waals surface area contributed by atoms with Crippen molar-refractivity contribution in [3.05, 3.63) is 69.2 Å². The Kier molecular flexibility index (Phi) is 6.10. The smallest absolute Gasteiger partial charge is 0.283 e. The first-order valence-electron chi connectivity index (χ1n) is 8.75. The topological polar surface area (TPSA) is 95.8 Å². The van der Waals surface area contributed by atoms with E-state index in [1.165, 1.54) is 12.1 Å². The zero-order valence-electron chi connectivity index (χ0n) is 15.0. The van der Waals surface area contributed by atoms with E-state index in [9.17, 15) is 19.7 Å². The number of piperazine rings is 1. The van der Waals surface area contributed by atoms with Crippen molar-refractivity contribution in [1.29, 1.82) is 0 Å². The van der Waals surface area contributed by atoms with Crippen LogP contribution in [0.1, 0.15) is 10.4 Å². The molecule has 0 saturated carbocycles. The van der Waals surface area contributed by atoms with E-state index in [-0.39, 0.29) is 23.0 Å². The average Bonchev–Trinajstić information content (AvgIpc) is 2.72. The molecule has 1 N–H and O–H groups in total. The number of carbonyl (C=O) groups is 2. The second-order valence-electron chi connectivity index (χ2n) is 6.30. The van der Waals surface area contributed by atoms with Crippen LogP contribution in [0.15, 0.2) is 48.5 Å². The molecular weight excluding hydrogens is 384 g/mol. The molecule has 0 bridgehead atoms. The van der Waals surface area contributed by atoms with E-state index < -0.39 is 16.5 Å². The molecule has 3 rings (SSSR count). The zero-order valence-corrected chi connectivity index (χ0v) is 15.8. The molecule has 2 aromatic rings. The lowest BCUT2D eigenvalue weighted by atomic mass is 10.1. The molecule has 0 unspecified atom stereocenters. The van der Waals surface area contributed by atoms with Crippen molar-refractivity contribution in [3.8, 4) is 0 Å². The molecule has 0 aromatic heterocycles. The van der Waals surface area contributed by atoms with Gasteiger partial charge in [0.25, 0.3) is 11.6 Å². The van der Waals surface area contributed by atoms with E-state index in [2.05, 4.69) is 10.2 Å². The number of para-hydroxylation sites is 1. The van der Waals surface area contributed by atoms with Crippen molar-refractivity contribution in [2.75, 3.05) is 37.6 Å². The van der Waals surface area contributed by atoms with Crippen molar-refractivity contribution < 1.29 is 14.5 Å². The zero-order chi connectivity index (χ0) is 20.1. The number of nitro groups is 1. The highest BCUT2D eigenvalue weighted by atomic mass is 35.5. The van der Waals surface area contributed by atoms with Crippen LogP contribution in [0.5, 0.6) is 0 Å². The second-order valence-corrected chi connectivity index (χ2v) is 6.74. The van der Waals surface area contributed by atoms with Gasteiger partial charge in [-0.05, 0) is 24.3 Å². The maximum absolute atomic E-state index is 12.4. The summed E-state index contributed by atoms with van der Waals surface area (Å²) in [6.45, 7) is 2.28. The number of rotatable bonds is 5. The summed E-state index contributed by atoms with van der Waals surface area (Å²) in [4.78, 5) is 38.9. The third-order valence-corrected chi connectivity index (χ3v) is 4.79. The summed E-state index contributed by atoms with van der Waals surface area (Å²) in [7, 11) is 0. The van der Waals surface area contributed by atoms with Crippen molar-refractivity contribution in [1.82, 2.24) is 10.2 Å². The summed E-state index contributed by atoms with van der Waals surface area (Å²) in [5.41, 5.74) is 0.586. The molecule has 2 aromatic carbocycles. The number of nitrogens with one attached hydrogen (secondary N) is 1. The molecule has 1 aliphatic rings. The van der Waals surface area contributed by atoms with E-state index >= 15 is 0 Å². The van der Waals surface area contributed by atoms with Crippen LogP contribution in [0, 0.1) is 10.1 Å². The molecule has 1 saturated heterocycles. The standard InChI is InChI=1S/C19H19ClN4O4/c20-14-6-7-16(17(12-14)24(27)28)19(26)21-13-18(25)23-10-8-22(9-11-23)15-4-2-1-3-5-15/h1-7,12H,8-11,13H2,(H,21,26). The number of nitro benzene ring substituents is 1. The van der Waals surface area contributed by atoms with Gasteiger partial charge in [-0.2, -0.15) is 0 Å². The summed E-state index contributed by atoms with van der Waals surface area (Å²) in [6.07, 6.45) is 0. The number of hydrogen-bond donors (Lipinski definition) is 1. The summed E-state index contributed by atoms with van der Waals surface area (Å²) >= 11 is 5.75. The summed E-state index contributed by atoms with van der Waals surface area (Å²) in [5, 5.41) is 13.7. The Balaban J connectivity index is 1.54. The van der Waals surface area contributed by atoms with E-state index in [4.69, 9.17) is 11.6 Å². The fourth-order valence-corrected chi connectivity index (χ4v) is 3.23. The van der Waals surface area contributed by atoms with Crippen LogP contribution in [-0.2, 0) is 4.79 Å². The van der Waals surface area contributed by atoms with Crippen molar-refractivity contribution in [3.63, 3.8) is 0 Å². The fourth-order valence-electron chi connectivity index (χ4n) is 3.06. The predicted molar refractivity (Wildman–Crippen MR) is 106 cm³/mol. The summed E-state index contributed by atoms with van der Waals surface area (Å²) in [5.74, 6) is -0.905. The number of carbonyl (C=O) groups excluding carboxylic acids is 2. The first-order valence-corrected chi connectivity index (χ1v) is 9.13. The van der Waals surface area contributed by atoms with E-state index in [1.807, 2.05) is 30.3 Å². The molecule has 8 nitrogen and oxygen atoms in total. The van der Waals surface area contributed by atoms with Gasteiger partial charge in [0.15, 0.2) is 0 Å². The van der Waals surface area contributed by atoms with Gasteiger partial charge in [-0.15, -0.1) is 0 Å². The molecule has 1 fully saturated rings. The molecule has 2 amide bonds. The van der Waals surface area contributed by atoms with Gasteiger partial charge < -0.3 is 15.1 Å². The molecule has 28 heavy (non-hydrogen) atoms. The quantitative estimate of drug-likeness (QED) is 0.611. The monoisotopic (exact) mass is 402 g/mol. The molecular formula is C19H19ClN4O4. The lowest BCUT2D eigenvalue weighted by Gasteiger charge is -2.36. The van der Waals surface area contributed by atoms with Gasteiger partial charge in [-0.3, -0.25) is 19.7 Å². The molecule has 146 valence electrons. The summed E-state index contributed by atoms with van der Waals surface area (Å²) in [6, 6.07) is 13.7. The molecule has 0 spiro atoms. The highest BCUT2D eigenvalue weighted by Crippen LogP contribution is 2.23. The highest BCUT2D eigenvalue weighted by Gasteiger charge is 2.24. The highest BCUT2D eigenvalue weighted by molar-refractivity contribution is 6.31. The Labute approximate surface area is 166 Å². The van der Waals surface area contributed by atoms with E-state index in [0.717, 1.165) is 11.8 Å². The Bertz CT molecular complexity index is 883. The SMILES string of the molecule is O=C(NCC(=O)N1CCN(c2ccccc2)CC1)c1ccc(Cl)cc1[N+](=O)[O-]. The van der Waals surface area contributed by atoms with Crippen LogP contribution in [0.3, 0.4) is 0 Å². The van der Waals surface area contributed by atoms with Gasteiger partial charge in [0.1, 0.15) is 5.56 Å². The van der Waals surface area contributed by atoms with Gasteiger partial charge in [0.05, 0.1) is 11.5 Å². The lowest BCUT2D eigenvalue weighted by molar-refractivity contribution is -0.385. The van der Waals surface area contributed by atoms with Gasteiger partial charge in [0.2, 0.25) is 5.91 Å². The van der Waals surface area contributed by atoms with E-state index in [0.29, 0.717) is 26.2 Å². The molecule has 0 atom stereocenters. The maximum atomic E-state index is 12.4. The molecule has 0 aliphatic carbocycles. The third kappa shape index (κ3) is 4.58.